The Morgan fingerprint density at radius 2 is 1.77 bits per heavy atom. The van der Waals surface area contributed by atoms with Crippen LogP contribution in [0.5, 0.6) is 0 Å². The third-order valence-electron chi connectivity index (χ3n) is 3.69. The van der Waals surface area contributed by atoms with Gasteiger partial charge in [0, 0.05) is 5.41 Å². The molecule has 0 atom stereocenters. The van der Waals surface area contributed by atoms with Crippen LogP contribution in [0.1, 0.15) is 37.0 Å². The molecule has 0 aliphatic rings. The van der Waals surface area contributed by atoms with Gasteiger partial charge >= 0.3 is 5.97 Å². The van der Waals surface area contributed by atoms with E-state index in [4.69, 9.17) is 9.52 Å². The van der Waals surface area contributed by atoms with E-state index in [1.165, 1.54) is 24.3 Å². The molecule has 2 aromatic carbocycles. The smallest absolute Gasteiger partial charge is 0.335 e. The number of nitrogens with zero attached hydrogens (tertiary/aromatic N) is 1. The van der Waals surface area contributed by atoms with Crippen molar-refractivity contribution in [3.05, 3.63) is 53.9 Å². The Morgan fingerprint density at radius 3 is 2.35 bits per heavy atom. The predicted molar refractivity (Wildman–Crippen MR) is 96.9 cm³/mol. The van der Waals surface area contributed by atoms with Crippen molar-refractivity contribution >= 4 is 32.8 Å². The van der Waals surface area contributed by atoms with E-state index < -0.39 is 16.0 Å². The number of carboxylic acid groups (broad SMARTS) is 1. The van der Waals surface area contributed by atoms with E-state index in [0.29, 0.717) is 22.7 Å². The van der Waals surface area contributed by atoms with Gasteiger partial charge in [-0.25, -0.2) is 18.2 Å². The molecule has 0 saturated carbocycles. The van der Waals surface area contributed by atoms with Crippen LogP contribution in [0.4, 0.5) is 5.69 Å². The number of nitrogens with one attached hydrogen (secondary N) is 1. The molecule has 0 bridgehead atoms. The van der Waals surface area contributed by atoms with Crippen molar-refractivity contribution in [2.45, 2.75) is 31.1 Å². The lowest BCUT2D eigenvalue weighted by Gasteiger charge is -2.11. The number of carbonyl (C=O) groups is 1. The van der Waals surface area contributed by atoms with Crippen molar-refractivity contribution < 1.29 is 22.7 Å². The molecule has 0 fully saturated rings. The van der Waals surface area contributed by atoms with Crippen molar-refractivity contribution in [3.8, 4) is 0 Å². The maximum absolute atomic E-state index is 12.5. The van der Waals surface area contributed by atoms with Crippen molar-refractivity contribution in [3.63, 3.8) is 0 Å². The SMILES string of the molecule is CC(C)(C)c1nc2cc(NS(=O)(=O)c3ccc(C(=O)O)cc3)ccc2o1. The van der Waals surface area contributed by atoms with Gasteiger partial charge in [0.25, 0.3) is 10.0 Å². The third-order valence-corrected chi connectivity index (χ3v) is 5.09. The Kier molecular flexibility index (Phi) is 4.23. The highest BCUT2D eigenvalue weighted by atomic mass is 32.2. The molecule has 0 saturated heterocycles. The van der Waals surface area contributed by atoms with Gasteiger partial charge < -0.3 is 9.52 Å². The second kappa shape index (κ2) is 6.14. The van der Waals surface area contributed by atoms with Gasteiger partial charge in [-0.2, -0.15) is 0 Å². The van der Waals surface area contributed by atoms with Crippen molar-refractivity contribution in [1.29, 1.82) is 0 Å². The summed E-state index contributed by atoms with van der Waals surface area (Å²) in [4.78, 5) is 15.3. The summed E-state index contributed by atoms with van der Waals surface area (Å²) in [6.07, 6.45) is 0. The van der Waals surface area contributed by atoms with Gasteiger partial charge in [-0.15, -0.1) is 0 Å². The maximum atomic E-state index is 12.5. The quantitative estimate of drug-likeness (QED) is 0.722. The van der Waals surface area contributed by atoms with Gasteiger partial charge in [0.05, 0.1) is 16.1 Å². The number of rotatable bonds is 4. The van der Waals surface area contributed by atoms with Crippen LogP contribution in [0.2, 0.25) is 0 Å². The molecule has 3 aromatic rings. The fraction of sp³-hybridized carbons (Fsp3) is 0.222. The first kappa shape index (κ1) is 17.9. The lowest BCUT2D eigenvalue weighted by atomic mass is 9.97. The molecule has 2 N–H and O–H groups in total. The highest BCUT2D eigenvalue weighted by Crippen LogP contribution is 2.28. The molecule has 0 unspecified atom stereocenters. The first-order chi connectivity index (χ1) is 12.1. The van der Waals surface area contributed by atoms with Crippen LogP contribution in [-0.2, 0) is 15.4 Å². The van der Waals surface area contributed by atoms with E-state index in [2.05, 4.69) is 9.71 Å². The van der Waals surface area contributed by atoms with Crippen LogP contribution in [0.25, 0.3) is 11.1 Å². The summed E-state index contributed by atoms with van der Waals surface area (Å²) < 4.78 is 33.1. The second-order valence-electron chi connectivity index (χ2n) is 6.89. The molecule has 3 rings (SSSR count). The van der Waals surface area contributed by atoms with Crippen molar-refractivity contribution in [1.82, 2.24) is 4.98 Å². The zero-order valence-corrected chi connectivity index (χ0v) is 15.3. The molecule has 8 heteroatoms. The molecular formula is C18H18N2O5S. The highest BCUT2D eigenvalue weighted by Gasteiger charge is 2.21. The molecule has 0 aliphatic heterocycles. The number of benzene rings is 2. The minimum absolute atomic E-state index is 0.0164. The molecule has 0 spiro atoms. The first-order valence-corrected chi connectivity index (χ1v) is 9.32. The van der Waals surface area contributed by atoms with Crippen LogP contribution in [-0.4, -0.2) is 24.5 Å². The van der Waals surface area contributed by atoms with Gasteiger partial charge in [0.15, 0.2) is 5.58 Å². The van der Waals surface area contributed by atoms with Crippen LogP contribution in [0.3, 0.4) is 0 Å². The molecule has 7 nitrogen and oxygen atoms in total. The van der Waals surface area contributed by atoms with Crippen molar-refractivity contribution in [2.24, 2.45) is 0 Å². The number of fused-ring (bicyclic) bond motifs is 1. The predicted octanol–water partition coefficient (Wildman–Crippen LogP) is 3.62. The minimum Gasteiger partial charge on any atom is -0.478 e. The summed E-state index contributed by atoms with van der Waals surface area (Å²) in [5, 5.41) is 8.89. The first-order valence-electron chi connectivity index (χ1n) is 7.83. The zero-order chi connectivity index (χ0) is 19.1. The zero-order valence-electron chi connectivity index (χ0n) is 14.5. The van der Waals surface area contributed by atoms with Crippen LogP contribution in [0.15, 0.2) is 51.8 Å². The summed E-state index contributed by atoms with van der Waals surface area (Å²) in [6, 6.07) is 9.82. The summed E-state index contributed by atoms with van der Waals surface area (Å²) in [7, 11) is -3.85. The number of anilines is 1. The number of aromatic nitrogens is 1. The highest BCUT2D eigenvalue weighted by molar-refractivity contribution is 7.92. The number of hydrogen-bond donors (Lipinski definition) is 2. The second-order valence-corrected chi connectivity index (χ2v) is 8.57. The fourth-order valence-electron chi connectivity index (χ4n) is 2.30. The Hall–Kier alpha value is -2.87. The molecule has 0 aliphatic carbocycles. The number of hydrogen-bond acceptors (Lipinski definition) is 5. The monoisotopic (exact) mass is 374 g/mol. The van der Waals surface area contributed by atoms with E-state index in [1.807, 2.05) is 20.8 Å². The lowest BCUT2D eigenvalue weighted by molar-refractivity contribution is 0.0696. The topological polar surface area (TPSA) is 110 Å². The summed E-state index contributed by atoms with van der Waals surface area (Å²) in [5.74, 6) is -0.551. The maximum Gasteiger partial charge on any atom is 0.335 e. The van der Waals surface area contributed by atoms with Gasteiger partial charge in [-0.3, -0.25) is 4.72 Å². The average molecular weight is 374 g/mol. The van der Waals surface area contributed by atoms with Crippen LogP contribution >= 0.6 is 0 Å². The van der Waals surface area contributed by atoms with Crippen LogP contribution in [0, 0.1) is 0 Å². The lowest BCUT2D eigenvalue weighted by Crippen LogP contribution is -2.13. The number of aromatic carboxylic acids is 1. The molecule has 1 aromatic heterocycles. The summed E-state index contributed by atoms with van der Waals surface area (Å²) >= 11 is 0. The third kappa shape index (κ3) is 3.55. The van der Waals surface area contributed by atoms with Crippen LogP contribution < -0.4 is 4.72 Å². The molecule has 136 valence electrons. The Bertz CT molecular complexity index is 1080. The number of oxazole rings is 1. The summed E-state index contributed by atoms with van der Waals surface area (Å²) in [6.45, 7) is 5.92. The Balaban J connectivity index is 1.90. The Morgan fingerprint density at radius 1 is 1.12 bits per heavy atom. The normalized spacial score (nSPS) is 12.3. The van der Waals surface area contributed by atoms with Crippen molar-refractivity contribution in [2.75, 3.05) is 4.72 Å². The number of carboxylic acids is 1. The van der Waals surface area contributed by atoms with E-state index in [0.717, 1.165) is 0 Å². The van der Waals surface area contributed by atoms with Gasteiger partial charge in [0.2, 0.25) is 5.89 Å². The summed E-state index contributed by atoms with van der Waals surface area (Å²) in [5.41, 5.74) is 1.22. The largest absolute Gasteiger partial charge is 0.478 e. The fourth-order valence-corrected chi connectivity index (χ4v) is 3.35. The van der Waals surface area contributed by atoms with E-state index >= 15 is 0 Å². The standard InChI is InChI=1S/C18H18N2O5S/c1-18(2,3)17-19-14-10-12(6-9-15(14)25-17)20-26(23,24)13-7-4-11(5-8-13)16(21)22/h4-10,20H,1-3H3,(H,21,22). The molecule has 1 heterocycles. The molecule has 0 amide bonds. The molecule has 0 radical (unpaired) electrons. The molecular weight excluding hydrogens is 356 g/mol. The van der Waals surface area contributed by atoms with Gasteiger partial charge in [-0.05, 0) is 42.5 Å². The minimum atomic E-state index is -3.85. The average Bonchev–Trinajstić information content (AvgIpc) is 2.98. The van der Waals surface area contributed by atoms with Gasteiger partial charge in [-0.1, -0.05) is 20.8 Å². The van der Waals surface area contributed by atoms with E-state index in [9.17, 15) is 13.2 Å². The van der Waals surface area contributed by atoms with E-state index in [1.54, 1.807) is 18.2 Å². The Labute approximate surface area is 150 Å². The van der Waals surface area contributed by atoms with Gasteiger partial charge in [0.1, 0.15) is 5.52 Å². The number of sulfonamides is 1. The van der Waals surface area contributed by atoms with E-state index in [-0.39, 0.29) is 15.9 Å². The molecule has 26 heavy (non-hydrogen) atoms.